The standard InChI is InChI=1S/C23H30N2O3S/c1-4-24(5-2)21-12-8-19(9-13-21)16-25(22-14-15-29(27,28)17-22)23(26)20-10-6-18(3)7-11-20/h6-13,22H,4-5,14-17H2,1-3H3. The number of hydrogen-bond acceptors (Lipinski definition) is 4. The Bertz CT molecular complexity index is 933. The van der Waals surface area contributed by atoms with Gasteiger partial charge in [-0.05, 0) is 57.0 Å². The van der Waals surface area contributed by atoms with E-state index in [9.17, 15) is 13.2 Å². The van der Waals surface area contributed by atoms with Gasteiger partial charge in [0.05, 0.1) is 11.5 Å². The maximum atomic E-state index is 13.2. The van der Waals surface area contributed by atoms with Crippen molar-refractivity contribution in [3.8, 4) is 0 Å². The predicted octanol–water partition coefficient (Wildman–Crippen LogP) is 3.67. The Labute approximate surface area is 174 Å². The molecule has 2 aromatic carbocycles. The lowest BCUT2D eigenvalue weighted by Crippen LogP contribution is -2.40. The Morgan fingerprint density at radius 3 is 2.14 bits per heavy atom. The van der Waals surface area contributed by atoms with Crippen LogP contribution in [0.4, 0.5) is 5.69 Å². The number of hydrogen-bond donors (Lipinski definition) is 0. The molecule has 0 spiro atoms. The molecule has 0 radical (unpaired) electrons. The highest BCUT2D eigenvalue weighted by Crippen LogP contribution is 2.24. The molecule has 2 aromatic rings. The SMILES string of the molecule is CCN(CC)c1ccc(CN(C(=O)c2ccc(C)cc2)C2CCS(=O)(=O)C2)cc1. The molecule has 1 amide bonds. The highest BCUT2D eigenvalue weighted by molar-refractivity contribution is 7.91. The zero-order valence-electron chi connectivity index (χ0n) is 17.5. The molecule has 0 bridgehead atoms. The molecular formula is C23H30N2O3S. The third-order valence-corrected chi connectivity index (χ3v) is 7.38. The third-order valence-electron chi connectivity index (χ3n) is 5.63. The minimum absolute atomic E-state index is 0.0438. The summed E-state index contributed by atoms with van der Waals surface area (Å²) >= 11 is 0. The number of carbonyl (C=O) groups excluding carboxylic acids is 1. The Morgan fingerprint density at radius 1 is 1.00 bits per heavy atom. The van der Waals surface area contributed by atoms with Crippen molar-refractivity contribution in [2.24, 2.45) is 0 Å². The highest BCUT2D eigenvalue weighted by atomic mass is 32.2. The van der Waals surface area contributed by atoms with E-state index in [0.29, 0.717) is 18.5 Å². The maximum absolute atomic E-state index is 13.2. The van der Waals surface area contributed by atoms with Crippen molar-refractivity contribution in [3.63, 3.8) is 0 Å². The van der Waals surface area contributed by atoms with Gasteiger partial charge in [0.25, 0.3) is 5.91 Å². The minimum Gasteiger partial charge on any atom is -0.372 e. The summed E-state index contributed by atoms with van der Waals surface area (Å²) in [5.74, 6) is 0.0816. The number of nitrogens with zero attached hydrogens (tertiary/aromatic N) is 2. The van der Waals surface area contributed by atoms with Crippen LogP contribution in [0.3, 0.4) is 0 Å². The smallest absolute Gasteiger partial charge is 0.254 e. The summed E-state index contributed by atoms with van der Waals surface area (Å²) in [6.07, 6.45) is 0.497. The fraction of sp³-hybridized carbons (Fsp3) is 0.435. The number of amides is 1. The number of aryl methyl sites for hydroxylation is 1. The summed E-state index contributed by atoms with van der Waals surface area (Å²) in [7, 11) is -3.08. The van der Waals surface area contributed by atoms with Crippen LogP contribution in [-0.4, -0.2) is 49.9 Å². The second-order valence-corrected chi connectivity index (χ2v) is 9.92. The largest absolute Gasteiger partial charge is 0.372 e. The predicted molar refractivity (Wildman–Crippen MR) is 118 cm³/mol. The molecule has 1 aliphatic heterocycles. The van der Waals surface area contributed by atoms with Crippen LogP contribution in [0.25, 0.3) is 0 Å². The average Bonchev–Trinajstić information content (AvgIpc) is 3.07. The minimum atomic E-state index is -3.08. The summed E-state index contributed by atoms with van der Waals surface area (Å²) in [5, 5.41) is 0. The van der Waals surface area contributed by atoms with Crippen molar-refractivity contribution in [1.29, 1.82) is 0 Å². The first-order valence-corrected chi connectivity index (χ1v) is 12.1. The normalized spacial score (nSPS) is 17.8. The lowest BCUT2D eigenvalue weighted by Gasteiger charge is -2.29. The van der Waals surface area contributed by atoms with Crippen LogP contribution in [0.2, 0.25) is 0 Å². The summed E-state index contributed by atoms with van der Waals surface area (Å²) in [4.78, 5) is 17.3. The molecule has 0 aromatic heterocycles. The molecule has 5 nitrogen and oxygen atoms in total. The first-order chi connectivity index (χ1) is 13.8. The van der Waals surface area contributed by atoms with Gasteiger partial charge in [-0.15, -0.1) is 0 Å². The summed E-state index contributed by atoms with van der Waals surface area (Å²) < 4.78 is 24.1. The Morgan fingerprint density at radius 2 is 1.62 bits per heavy atom. The molecule has 1 saturated heterocycles. The van der Waals surface area contributed by atoms with Crippen LogP contribution < -0.4 is 4.90 Å². The van der Waals surface area contributed by atoms with E-state index in [1.807, 2.05) is 43.3 Å². The molecule has 29 heavy (non-hydrogen) atoms. The van der Waals surface area contributed by atoms with Crippen LogP contribution in [-0.2, 0) is 16.4 Å². The Hall–Kier alpha value is -2.34. The van der Waals surface area contributed by atoms with Crippen molar-refractivity contribution < 1.29 is 13.2 Å². The van der Waals surface area contributed by atoms with Gasteiger partial charge in [-0.2, -0.15) is 0 Å². The monoisotopic (exact) mass is 414 g/mol. The van der Waals surface area contributed by atoms with Gasteiger partial charge in [0.15, 0.2) is 9.84 Å². The van der Waals surface area contributed by atoms with Gasteiger partial charge in [-0.3, -0.25) is 4.79 Å². The van der Waals surface area contributed by atoms with E-state index >= 15 is 0 Å². The molecule has 156 valence electrons. The quantitative estimate of drug-likeness (QED) is 0.694. The summed E-state index contributed by atoms with van der Waals surface area (Å²) in [6.45, 7) is 8.51. The first kappa shape index (κ1) is 21.4. The average molecular weight is 415 g/mol. The molecule has 1 fully saturated rings. The lowest BCUT2D eigenvalue weighted by molar-refractivity contribution is 0.0681. The van der Waals surface area contributed by atoms with Crippen molar-refractivity contribution in [1.82, 2.24) is 4.90 Å². The summed E-state index contributed by atoms with van der Waals surface area (Å²) in [5.41, 5.74) is 3.84. The van der Waals surface area contributed by atoms with Crippen molar-refractivity contribution in [3.05, 3.63) is 65.2 Å². The van der Waals surface area contributed by atoms with E-state index in [1.165, 1.54) is 0 Å². The second kappa shape index (κ2) is 8.99. The molecule has 3 rings (SSSR count). The number of benzene rings is 2. The lowest BCUT2D eigenvalue weighted by atomic mass is 10.1. The van der Waals surface area contributed by atoms with Gasteiger partial charge < -0.3 is 9.80 Å². The van der Waals surface area contributed by atoms with Gasteiger partial charge in [0.1, 0.15) is 0 Å². The van der Waals surface area contributed by atoms with E-state index in [2.05, 4.69) is 30.9 Å². The number of rotatable bonds is 7. The second-order valence-electron chi connectivity index (χ2n) is 7.69. The number of anilines is 1. The molecule has 1 aliphatic rings. The van der Waals surface area contributed by atoms with E-state index in [-0.39, 0.29) is 23.5 Å². The Balaban J connectivity index is 1.85. The van der Waals surface area contributed by atoms with Crippen LogP contribution in [0, 0.1) is 6.92 Å². The first-order valence-electron chi connectivity index (χ1n) is 10.2. The summed E-state index contributed by atoms with van der Waals surface area (Å²) in [6, 6.07) is 15.4. The van der Waals surface area contributed by atoms with E-state index in [0.717, 1.165) is 29.9 Å². The van der Waals surface area contributed by atoms with Crippen molar-refractivity contribution >= 4 is 21.4 Å². The maximum Gasteiger partial charge on any atom is 0.254 e. The van der Waals surface area contributed by atoms with Crippen molar-refractivity contribution in [2.45, 2.75) is 39.8 Å². The fourth-order valence-corrected chi connectivity index (χ4v) is 5.58. The van der Waals surface area contributed by atoms with Gasteiger partial charge in [0, 0.05) is 36.9 Å². The fourth-order valence-electron chi connectivity index (χ4n) is 3.85. The Kier molecular flexibility index (Phi) is 6.63. The highest BCUT2D eigenvalue weighted by Gasteiger charge is 2.35. The number of sulfone groups is 1. The van der Waals surface area contributed by atoms with Gasteiger partial charge >= 0.3 is 0 Å². The van der Waals surface area contributed by atoms with Crippen LogP contribution in [0.1, 0.15) is 41.8 Å². The van der Waals surface area contributed by atoms with Crippen LogP contribution in [0.15, 0.2) is 48.5 Å². The molecule has 1 heterocycles. The zero-order chi connectivity index (χ0) is 21.0. The molecular weight excluding hydrogens is 384 g/mol. The van der Waals surface area contributed by atoms with E-state index in [4.69, 9.17) is 0 Å². The molecule has 1 unspecified atom stereocenters. The van der Waals surface area contributed by atoms with Gasteiger partial charge in [-0.25, -0.2) is 8.42 Å². The topological polar surface area (TPSA) is 57.7 Å². The van der Waals surface area contributed by atoms with Crippen LogP contribution >= 0.6 is 0 Å². The molecule has 1 atom stereocenters. The third kappa shape index (κ3) is 5.18. The van der Waals surface area contributed by atoms with Crippen molar-refractivity contribution in [2.75, 3.05) is 29.5 Å². The van der Waals surface area contributed by atoms with Crippen LogP contribution in [0.5, 0.6) is 0 Å². The molecule has 0 N–H and O–H groups in total. The molecule has 0 saturated carbocycles. The zero-order valence-corrected chi connectivity index (χ0v) is 18.3. The van der Waals surface area contributed by atoms with E-state index in [1.54, 1.807) is 4.90 Å². The molecule has 0 aliphatic carbocycles. The van der Waals surface area contributed by atoms with E-state index < -0.39 is 9.84 Å². The van der Waals surface area contributed by atoms with Gasteiger partial charge in [-0.1, -0.05) is 29.8 Å². The van der Waals surface area contributed by atoms with Gasteiger partial charge in [0.2, 0.25) is 0 Å². The number of carbonyl (C=O) groups is 1. The molecule has 6 heteroatoms.